The molecule has 3 aromatic heterocycles. The Labute approximate surface area is 241 Å². The number of carbonyl (C=O) groups is 1. The van der Waals surface area contributed by atoms with Gasteiger partial charge in [-0.1, -0.05) is 0 Å². The van der Waals surface area contributed by atoms with Gasteiger partial charge in [0, 0.05) is 76.9 Å². The molecule has 1 aliphatic carbocycles. The molecule has 1 aromatic carbocycles. The summed E-state index contributed by atoms with van der Waals surface area (Å²) in [6.45, 7) is 11.9. The maximum atomic E-state index is 11.8. The number of aryl methyl sites for hydroxylation is 3. The second-order valence-electron chi connectivity index (χ2n) is 12.3. The van der Waals surface area contributed by atoms with Crippen molar-refractivity contribution in [2.75, 3.05) is 18.5 Å². The van der Waals surface area contributed by atoms with Crippen LogP contribution in [0.5, 0.6) is 0 Å². The highest BCUT2D eigenvalue weighted by atomic mass is 16.1. The van der Waals surface area contributed by atoms with E-state index in [1.165, 1.54) is 12.8 Å². The predicted octanol–water partition coefficient (Wildman–Crippen LogP) is 4.81. The van der Waals surface area contributed by atoms with Gasteiger partial charge >= 0.3 is 0 Å². The van der Waals surface area contributed by atoms with E-state index in [0.29, 0.717) is 30.2 Å². The third kappa shape index (κ3) is 4.69. The van der Waals surface area contributed by atoms with E-state index in [4.69, 9.17) is 4.98 Å². The molecule has 8 nitrogen and oxygen atoms in total. The number of pyridine rings is 2. The van der Waals surface area contributed by atoms with Crippen LogP contribution >= 0.6 is 0 Å². The highest BCUT2D eigenvalue weighted by molar-refractivity contribution is 6.02. The fourth-order valence-corrected chi connectivity index (χ4v) is 7.06. The lowest BCUT2D eigenvalue weighted by atomic mass is 10.00. The third-order valence-corrected chi connectivity index (χ3v) is 9.07. The number of aromatic nitrogens is 3. The number of piperazine rings is 1. The largest absolute Gasteiger partial charge is 0.348 e. The van der Waals surface area contributed by atoms with E-state index in [1.807, 2.05) is 39.2 Å². The molecule has 7 rings (SSSR count). The predicted molar refractivity (Wildman–Crippen MR) is 165 cm³/mol. The van der Waals surface area contributed by atoms with Crippen LogP contribution in [-0.4, -0.2) is 52.0 Å². The number of rotatable bonds is 6. The molecular weight excluding hydrogens is 512 g/mol. The molecule has 3 N–H and O–H groups in total. The van der Waals surface area contributed by atoms with Crippen LogP contribution in [0, 0.1) is 20.8 Å². The smallest absolute Gasteiger partial charge is 0.252 e. The second kappa shape index (κ2) is 10.3. The summed E-state index contributed by atoms with van der Waals surface area (Å²) in [6.07, 6.45) is 7.60. The van der Waals surface area contributed by atoms with Crippen LogP contribution in [0.3, 0.4) is 0 Å². The number of fused-ring (bicyclic) bond motifs is 2. The van der Waals surface area contributed by atoms with E-state index in [1.54, 1.807) is 0 Å². The van der Waals surface area contributed by atoms with Gasteiger partial charge in [-0.15, -0.1) is 0 Å². The van der Waals surface area contributed by atoms with Crippen LogP contribution in [0.25, 0.3) is 22.0 Å². The van der Waals surface area contributed by atoms with Crippen LogP contribution in [0.1, 0.15) is 65.5 Å². The minimum Gasteiger partial charge on any atom is -0.348 e. The maximum Gasteiger partial charge on any atom is 0.252 e. The quantitative estimate of drug-likeness (QED) is 0.297. The monoisotopic (exact) mass is 552 g/mol. The molecule has 8 heteroatoms. The van der Waals surface area contributed by atoms with Crippen LogP contribution in [0.2, 0.25) is 0 Å². The van der Waals surface area contributed by atoms with Crippen LogP contribution in [0.15, 0.2) is 47.5 Å². The normalized spacial score (nSPS) is 22.2. The zero-order chi connectivity index (χ0) is 29.1. The molecule has 41 heavy (non-hydrogen) atoms. The highest BCUT2D eigenvalue weighted by Gasteiger charge is 2.68. The van der Waals surface area contributed by atoms with Crippen molar-refractivity contribution in [3.05, 3.63) is 81.0 Å². The zero-order valence-electron chi connectivity index (χ0n) is 24.8. The number of hydrogen-bond acceptors (Lipinski definition) is 6. The van der Waals surface area contributed by atoms with Gasteiger partial charge in [0.25, 0.3) is 5.56 Å². The molecule has 2 bridgehead atoms. The van der Waals surface area contributed by atoms with Gasteiger partial charge in [0.05, 0.1) is 5.54 Å². The number of piperidine rings is 1. The van der Waals surface area contributed by atoms with Crippen molar-refractivity contribution >= 4 is 23.0 Å². The Morgan fingerprint density at radius 2 is 1.93 bits per heavy atom. The molecule has 214 valence electrons. The Morgan fingerprint density at radius 3 is 2.54 bits per heavy atom. The zero-order valence-corrected chi connectivity index (χ0v) is 24.8. The van der Waals surface area contributed by atoms with Gasteiger partial charge in [-0.3, -0.25) is 9.59 Å². The van der Waals surface area contributed by atoms with Crippen LogP contribution in [-0.2, 0) is 6.54 Å². The summed E-state index contributed by atoms with van der Waals surface area (Å²) in [6, 6.07) is 12.1. The number of aldehydes is 1. The van der Waals surface area contributed by atoms with Crippen LogP contribution in [0.4, 0.5) is 5.82 Å². The summed E-state index contributed by atoms with van der Waals surface area (Å²) in [4.78, 5) is 33.3. The highest BCUT2D eigenvalue weighted by Crippen LogP contribution is 2.56. The average molecular weight is 553 g/mol. The van der Waals surface area contributed by atoms with Crippen molar-refractivity contribution in [1.29, 1.82) is 0 Å². The number of hydrogen-bond donors (Lipinski definition) is 3. The summed E-state index contributed by atoms with van der Waals surface area (Å²) in [5, 5.41) is 7.72. The van der Waals surface area contributed by atoms with Gasteiger partial charge in [-0.05, 0) is 102 Å². The molecule has 5 heterocycles. The molecule has 0 amide bonds. The van der Waals surface area contributed by atoms with Crippen molar-refractivity contribution in [1.82, 2.24) is 25.2 Å². The summed E-state index contributed by atoms with van der Waals surface area (Å²) >= 11 is 0. The van der Waals surface area contributed by atoms with Crippen molar-refractivity contribution < 1.29 is 4.79 Å². The van der Waals surface area contributed by atoms with Gasteiger partial charge < -0.3 is 25.1 Å². The second-order valence-corrected chi connectivity index (χ2v) is 12.3. The van der Waals surface area contributed by atoms with Gasteiger partial charge in [0.1, 0.15) is 5.82 Å². The Balaban J connectivity index is 0.000000213. The van der Waals surface area contributed by atoms with Crippen molar-refractivity contribution in [3.8, 4) is 11.1 Å². The average Bonchev–Trinajstić information content (AvgIpc) is 3.19. The molecule has 3 aliphatic rings. The number of carbonyl (C=O) groups excluding carboxylic acids is 1. The lowest BCUT2D eigenvalue weighted by Crippen LogP contribution is -2.44. The molecule has 3 unspecified atom stereocenters. The van der Waals surface area contributed by atoms with Gasteiger partial charge in [-0.2, -0.15) is 0 Å². The van der Waals surface area contributed by atoms with Crippen molar-refractivity contribution in [3.63, 3.8) is 0 Å². The summed E-state index contributed by atoms with van der Waals surface area (Å²) < 4.78 is 2.25. The molecule has 1 saturated carbocycles. The Hall–Kier alpha value is -3.75. The fraction of sp³-hybridized carbons (Fsp3) is 0.424. The SMILES string of the molecule is CNCc1c(C)cc(C)[nH]c1=O.Cc1cn(C(C)C)c2cc(-c3ccc(N4CC5CC46CC6N5)nc3)cc(C=O)c12. The number of nitrogens with zero attached hydrogens (tertiary/aromatic N) is 3. The Kier molecular flexibility index (Phi) is 6.86. The van der Waals surface area contributed by atoms with E-state index < -0.39 is 0 Å². The minimum absolute atomic E-state index is 0.0156. The van der Waals surface area contributed by atoms with Gasteiger partial charge in [0.2, 0.25) is 0 Å². The molecular formula is C33H40N6O2. The number of benzene rings is 1. The third-order valence-electron chi connectivity index (χ3n) is 9.07. The topological polar surface area (TPSA) is 95.1 Å². The van der Waals surface area contributed by atoms with Gasteiger partial charge in [-0.25, -0.2) is 4.98 Å². The molecule has 3 fully saturated rings. The lowest BCUT2D eigenvalue weighted by molar-refractivity contribution is 0.112. The first kappa shape index (κ1) is 27.4. The van der Waals surface area contributed by atoms with Gasteiger partial charge in [0.15, 0.2) is 6.29 Å². The number of anilines is 1. The van der Waals surface area contributed by atoms with E-state index in [2.05, 4.69) is 70.3 Å². The first-order valence-corrected chi connectivity index (χ1v) is 14.6. The lowest BCUT2D eigenvalue weighted by Gasteiger charge is -2.28. The van der Waals surface area contributed by atoms with E-state index in [9.17, 15) is 9.59 Å². The fourth-order valence-electron chi connectivity index (χ4n) is 7.06. The summed E-state index contributed by atoms with van der Waals surface area (Å²) in [5.41, 5.74) is 8.24. The van der Waals surface area contributed by atoms with E-state index in [-0.39, 0.29) is 5.56 Å². The first-order chi connectivity index (χ1) is 19.6. The molecule has 1 spiro atoms. The first-order valence-electron chi connectivity index (χ1n) is 14.6. The Bertz CT molecular complexity index is 1680. The minimum atomic E-state index is 0.0156. The summed E-state index contributed by atoms with van der Waals surface area (Å²) in [5.74, 6) is 1.08. The van der Waals surface area contributed by atoms with Crippen molar-refractivity contribution in [2.24, 2.45) is 0 Å². The number of aromatic amines is 1. The number of H-pyrrole nitrogens is 1. The number of nitrogens with one attached hydrogen (secondary N) is 3. The van der Waals surface area contributed by atoms with Crippen molar-refractivity contribution in [2.45, 2.75) is 77.7 Å². The molecule has 0 radical (unpaired) electrons. The van der Waals surface area contributed by atoms with Crippen LogP contribution < -0.4 is 21.1 Å². The maximum absolute atomic E-state index is 11.8. The molecule has 2 saturated heterocycles. The molecule has 4 aromatic rings. The Morgan fingerprint density at radius 1 is 1.12 bits per heavy atom. The van der Waals surface area contributed by atoms with E-state index in [0.717, 1.165) is 68.6 Å². The standard InChI is InChI=1S/C24H26N4O.C9H14N2O/c1-14(2)27-11-15(3)23-18(13-29)6-17(7-20(23)27)16-4-5-22(25-10-16)28-12-19-8-24(28)9-21(24)26-19;1-6-4-7(2)11-9(12)8(6)5-10-3/h4-7,10-11,13-14,19,21,26H,8-9,12H2,1-3H3;4,10H,5H2,1-3H3,(H,11,12). The molecule has 3 atom stereocenters. The summed E-state index contributed by atoms with van der Waals surface area (Å²) in [7, 11) is 1.83. The van der Waals surface area contributed by atoms with E-state index >= 15 is 0 Å². The molecule has 2 aliphatic heterocycles.